The molecule has 2 saturated carbocycles. The van der Waals surface area contributed by atoms with E-state index in [2.05, 4.69) is 9.71 Å². The van der Waals surface area contributed by atoms with Crippen LogP contribution in [-0.2, 0) is 38.7 Å². The molecule has 2 amide bonds. The molecule has 1 aromatic carbocycles. The van der Waals surface area contributed by atoms with Gasteiger partial charge in [0.1, 0.15) is 23.3 Å². The number of ether oxygens (including phenoxy) is 4. The smallest absolute Gasteiger partial charge is 0.307 e. The number of esters is 1. The number of nitrogens with one attached hydrogen (secondary N) is 1. The number of methoxy groups -OCH3 is 1. The normalized spacial score (nSPS) is 29.7. The molecule has 2 aromatic rings. The zero-order valence-electron chi connectivity index (χ0n) is 32.7. The molecule has 7 atom stereocenters. The summed E-state index contributed by atoms with van der Waals surface area (Å²) in [6, 6.07) is 5.98. The minimum absolute atomic E-state index is 0.0602. The number of pyridine rings is 1. The summed E-state index contributed by atoms with van der Waals surface area (Å²) >= 11 is 0. The van der Waals surface area contributed by atoms with Gasteiger partial charge in [-0.25, -0.2) is 26.6 Å². The Morgan fingerprint density at radius 2 is 1.84 bits per heavy atom. The monoisotopic (exact) mass is 821 g/mol. The van der Waals surface area contributed by atoms with Crippen molar-refractivity contribution >= 4 is 44.4 Å². The molecule has 0 bridgehead atoms. The number of nitrogens with zero attached hydrogens (tertiary/aromatic N) is 2. The molecule has 0 unspecified atom stereocenters. The summed E-state index contributed by atoms with van der Waals surface area (Å²) in [7, 11) is -2.90. The maximum absolute atomic E-state index is 14.7. The lowest BCUT2D eigenvalue weighted by atomic mass is 9.90. The number of allylic oxidation sites excluding steroid dienone is 2. The molecular formula is C40H50F3N3O10S. The maximum atomic E-state index is 14.7. The minimum Gasteiger partial charge on any atom is -0.494 e. The van der Waals surface area contributed by atoms with Crippen LogP contribution in [-0.4, -0.2) is 103 Å². The van der Waals surface area contributed by atoms with E-state index in [-0.39, 0.29) is 38.1 Å². The number of halogens is 3. The van der Waals surface area contributed by atoms with Crippen LogP contribution in [0.5, 0.6) is 11.6 Å². The lowest BCUT2D eigenvalue weighted by Crippen LogP contribution is -2.49. The highest BCUT2D eigenvalue weighted by Crippen LogP contribution is 2.58. The molecule has 6 rings (SSSR count). The Balaban J connectivity index is 1.35. The summed E-state index contributed by atoms with van der Waals surface area (Å²) in [6.07, 6.45) is -0.128. The van der Waals surface area contributed by atoms with Gasteiger partial charge in [-0.05, 0) is 71.8 Å². The van der Waals surface area contributed by atoms with E-state index in [0.717, 1.165) is 13.8 Å². The third kappa shape index (κ3) is 8.64. The Hall–Kier alpha value is -4.25. The number of Topliss-reactive ketones (excluding diaryl/α,β-unsaturated/α-hetero) is 1. The van der Waals surface area contributed by atoms with E-state index in [4.69, 9.17) is 18.9 Å². The first-order valence-electron chi connectivity index (χ1n) is 19.2. The summed E-state index contributed by atoms with van der Waals surface area (Å²) in [5.41, 5.74) is -3.64. The molecule has 2 aliphatic heterocycles. The number of rotatable bonds is 11. The summed E-state index contributed by atoms with van der Waals surface area (Å²) in [4.78, 5) is 62.2. The van der Waals surface area contributed by atoms with Gasteiger partial charge in [0.05, 0.1) is 55.9 Å². The van der Waals surface area contributed by atoms with Crippen molar-refractivity contribution < 1.29 is 59.7 Å². The number of sulfonamides is 1. The zero-order chi connectivity index (χ0) is 41.5. The predicted molar refractivity (Wildman–Crippen MR) is 201 cm³/mol. The molecule has 4 aliphatic rings. The van der Waals surface area contributed by atoms with Crippen LogP contribution in [0.15, 0.2) is 42.6 Å². The molecule has 1 N–H and O–H groups in total. The van der Waals surface area contributed by atoms with Gasteiger partial charge in [0, 0.05) is 23.6 Å². The lowest BCUT2D eigenvalue weighted by Gasteiger charge is -2.33. The summed E-state index contributed by atoms with van der Waals surface area (Å²) in [6.45, 7) is 4.16. The largest absolute Gasteiger partial charge is 0.494 e. The molecule has 3 heterocycles. The number of amides is 2. The van der Waals surface area contributed by atoms with Crippen molar-refractivity contribution in [3.63, 3.8) is 0 Å². The number of carbonyl (C=O) groups excluding carboxylic acids is 4. The SMILES string of the molecule is COc1cnc(O[C@@H]2C[C@H]3C(=O)C[C@]4(C(=O)NS(=O)(=O)C5(CF)CC5)C[C@H]4/C=C\CC[C@@H](C)O[C@@H](C)[C@H](CC(=O)OC(C)(C)C(F)F)C(=O)N3C2)c2ccccc12. The van der Waals surface area contributed by atoms with Gasteiger partial charge in [-0.2, -0.15) is 0 Å². The highest BCUT2D eigenvalue weighted by atomic mass is 32.2. The fourth-order valence-corrected chi connectivity index (χ4v) is 9.29. The first-order chi connectivity index (χ1) is 26.9. The Labute approximate surface area is 330 Å². The lowest BCUT2D eigenvalue weighted by molar-refractivity contribution is -0.176. The molecule has 312 valence electrons. The molecule has 17 heteroatoms. The third-order valence-corrected chi connectivity index (χ3v) is 13.9. The van der Waals surface area contributed by atoms with Crippen molar-refractivity contribution in [2.75, 3.05) is 20.3 Å². The maximum Gasteiger partial charge on any atom is 0.307 e. The molecule has 1 saturated heterocycles. The van der Waals surface area contributed by atoms with Gasteiger partial charge in [-0.15, -0.1) is 0 Å². The molecule has 57 heavy (non-hydrogen) atoms. The van der Waals surface area contributed by atoms with Gasteiger partial charge in [0.15, 0.2) is 11.4 Å². The fraction of sp³-hybridized carbons (Fsp3) is 0.625. The van der Waals surface area contributed by atoms with Crippen LogP contribution in [0.25, 0.3) is 10.8 Å². The highest BCUT2D eigenvalue weighted by molar-refractivity contribution is 7.91. The second kappa shape index (κ2) is 16.2. The number of fused-ring (bicyclic) bond motifs is 3. The Morgan fingerprint density at radius 3 is 2.49 bits per heavy atom. The Morgan fingerprint density at radius 1 is 1.14 bits per heavy atom. The minimum atomic E-state index is -4.40. The number of alkyl halides is 3. The van der Waals surface area contributed by atoms with Crippen LogP contribution in [0, 0.1) is 17.3 Å². The topological polar surface area (TPSA) is 168 Å². The number of benzene rings is 1. The summed E-state index contributed by atoms with van der Waals surface area (Å²) in [5, 5.41) is 1.30. The average Bonchev–Trinajstić information content (AvgIpc) is 4.06. The number of hydrogen-bond acceptors (Lipinski definition) is 11. The van der Waals surface area contributed by atoms with Crippen molar-refractivity contribution in [2.45, 2.75) is 120 Å². The summed E-state index contributed by atoms with van der Waals surface area (Å²) in [5.74, 6) is -4.35. The first-order valence-corrected chi connectivity index (χ1v) is 20.7. The molecule has 1 aromatic heterocycles. The van der Waals surface area contributed by atoms with Gasteiger partial charge < -0.3 is 23.8 Å². The molecule has 0 radical (unpaired) electrons. The van der Waals surface area contributed by atoms with Gasteiger partial charge in [-0.1, -0.05) is 30.4 Å². The number of ketones is 1. The number of aromatic nitrogens is 1. The first kappa shape index (κ1) is 42.4. The van der Waals surface area contributed by atoms with Crippen LogP contribution in [0.3, 0.4) is 0 Å². The average molecular weight is 822 g/mol. The fourth-order valence-electron chi connectivity index (χ4n) is 7.84. The van der Waals surface area contributed by atoms with E-state index in [9.17, 15) is 40.8 Å². The Kier molecular flexibility index (Phi) is 12.0. The van der Waals surface area contributed by atoms with Gasteiger partial charge in [0.25, 0.3) is 6.43 Å². The van der Waals surface area contributed by atoms with E-state index in [1.807, 2.05) is 18.2 Å². The molecule has 3 fully saturated rings. The van der Waals surface area contributed by atoms with Crippen LogP contribution in [0.4, 0.5) is 13.2 Å². The van der Waals surface area contributed by atoms with Crippen molar-refractivity contribution in [3.05, 3.63) is 42.6 Å². The third-order valence-electron chi connectivity index (χ3n) is 11.8. The van der Waals surface area contributed by atoms with Crippen LogP contribution in [0.1, 0.15) is 79.1 Å². The molecule has 13 nitrogen and oxygen atoms in total. The van der Waals surface area contributed by atoms with E-state index >= 15 is 0 Å². The van der Waals surface area contributed by atoms with Crippen LogP contribution < -0.4 is 14.2 Å². The Bertz CT molecular complexity index is 2030. The van der Waals surface area contributed by atoms with Crippen LogP contribution in [0.2, 0.25) is 0 Å². The molecule has 2 aliphatic carbocycles. The standard InChI is InChI=1S/C40H50F3N3O10S/c1-23-10-6-7-11-25-18-40(25,37(50)45-57(51,52)39(22-41)14-15-39)19-31(47)30-16-26(55-34-28-13-9-8-12-27(28)32(53-5)20-44-34)21-46(30)35(49)29(24(2)54-23)17-33(48)56-38(3,4)36(42)43/h7-9,11-13,20,23-26,29-30,36H,6,10,14-19,21-22H2,1-5H3,(H,45,50)/b11-7-/t23-,24+,25-,26-,29+,30+,40-/m1/s1. The summed E-state index contributed by atoms with van der Waals surface area (Å²) < 4.78 is 91.2. The van der Waals surface area contributed by atoms with Crippen molar-refractivity contribution in [2.24, 2.45) is 17.3 Å². The zero-order valence-corrected chi connectivity index (χ0v) is 33.5. The van der Waals surface area contributed by atoms with E-state index in [1.54, 1.807) is 32.1 Å². The number of carbonyl (C=O) groups is 4. The van der Waals surface area contributed by atoms with Gasteiger partial charge in [-0.3, -0.25) is 23.9 Å². The van der Waals surface area contributed by atoms with Crippen molar-refractivity contribution in [1.82, 2.24) is 14.6 Å². The second-order valence-corrected chi connectivity index (χ2v) is 18.4. The van der Waals surface area contributed by atoms with E-state index in [0.29, 0.717) is 29.4 Å². The van der Waals surface area contributed by atoms with Crippen molar-refractivity contribution in [3.8, 4) is 11.6 Å². The van der Waals surface area contributed by atoms with Gasteiger partial charge >= 0.3 is 5.97 Å². The van der Waals surface area contributed by atoms with E-state index < -0.39 is 111 Å². The van der Waals surface area contributed by atoms with E-state index in [1.165, 1.54) is 18.2 Å². The molecule has 0 spiro atoms. The highest BCUT2D eigenvalue weighted by Gasteiger charge is 2.63. The number of hydrogen-bond donors (Lipinski definition) is 1. The van der Waals surface area contributed by atoms with Crippen molar-refractivity contribution in [1.29, 1.82) is 0 Å². The second-order valence-electron chi connectivity index (χ2n) is 16.4. The predicted octanol–water partition coefficient (Wildman–Crippen LogP) is 5.24. The van der Waals surface area contributed by atoms with Gasteiger partial charge in [0.2, 0.25) is 27.7 Å². The van der Waals surface area contributed by atoms with Crippen LogP contribution >= 0.6 is 0 Å². The quantitative estimate of drug-likeness (QED) is 0.233. The molecular weight excluding hydrogens is 772 g/mol.